The van der Waals surface area contributed by atoms with Gasteiger partial charge in [-0.3, -0.25) is 20.6 Å². The summed E-state index contributed by atoms with van der Waals surface area (Å²) in [5, 5.41) is 0.843. The molecule has 3 heterocycles. The van der Waals surface area contributed by atoms with Gasteiger partial charge in [0, 0.05) is 17.5 Å². The zero-order valence-electron chi connectivity index (χ0n) is 14.5. The molecule has 2 N–H and O–H groups in total. The summed E-state index contributed by atoms with van der Waals surface area (Å²) < 4.78 is 5.47. The van der Waals surface area contributed by atoms with Gasteiger partial charge in [-0.1, -0.05) is 6.07 Å². The van der Waals surface area contributed by atoms with Gasteiger partial charge in [-0.25, -0.2) is 4.79 Å². The SMILES string of the molecule is CC(C)(C)OC(=O)N1CCc2c(nc3cccc4c3c2NNC4=O)C1. The van der Waals surface area contributed by atoms with E-state index in [1.165, 1.54) is 0 Å². The molecule has 0 saturated carbocycles. The Bertz CT molecular complexity index is 901. The van der Waals surface area contributed by atoms with Gasteiger partial charge in [0.2, 0.25) is 0 Å². The lowest BCUT2D eigenvalue weighted by atomic mass is 9.96. The number of hydrogen-bond donors (Lipinski definition) is 2. The summed E-state index contributed by atoms with van der Waals surface area (Å²) in [6.45, 7) is 6.51. The minimum Gasteiger partial charge on any atom is -0.444 e. The number of hydrazine groups is 1. The molecule has 4 rings (SSSR count). The molecule has 0 bridgehead atoms. The van der Waals surface area contributed by atoms with Crippen molar-refractivity contribution in [2.45, 2.75) is 39.3 Å². The highest BCUT2D eigenvalue weighted by Crippen LogP contribution is 2.35. The lowest BCUT2D eigenvalue weighted by Crippen LogP contribution is -2.41. The molecule has 0 fully saturated rings. The van der Waals surface area contributed by atoms with E-state index in [4.69, 9.17) is 9.72 Å². The van der Waals surface area contributed by atoms with Crippen LogP contribution in [0.5, 0.6) is 0 Å². The second-order valence-corrected chi connectivity index (χ2v) is 7.34. The lowest BCUT2D eigenvalue weighted by molar-refractivity contribution is 0.0221. The smallest absolute Gasteiger partial charge is 0.410 e. The van der Waals surface area contributed by atoms with Crippen molar-refractivity contribution in [1.82, 2.24) is 15.3 Å². The molecule has 0 saturated heterocycles. The van der Waals surface area contributed by atoms with Gasteiger partial charge in [-0.15, -0.1) is 0 Å². The second-order valence-electron chi connectivity index (χ2n) is 7.34. The lowest BCUT2D eigenvalue weighted by Gasteiger charge is -2.33. The minimum absolute atomic E-state index is 0.161. The third kappa shape index (κ3) is 2.65. The van der Waals surface area contributed by atoms with Crippen molar-refractivity contribution in [3.8, 4) is 0 Å². The van der Waals surface area contributed by atoms with E-state index in [0.29, 0.717) is 25.1 Å². The molecule has 0 radical (unpaired) electrons. The maximum atomic E-state index is 12.4. The van der Waals surface area contributed by atoms with Crippen molar-refractivity contribution in [2.75, 3.05) is 12.0 Å². The largest absolute Gasteiger partial charge is 0.444 e. The van der Waals surface area contributed by atoms with E-state index in [0.717, 1.165) is 27.8 Å². The number of amides is 2. The standard InChI is InChI=1S/C18H20N4O3/c1-18(2,3)25-17(24)22-8-7-10-13(9-22)19-12-6-4-5-11-14(12)15(10)20-21-16(11)23/h4-6,20H,7-9H2,1-3H3,(H,21,23). The van der Waals surface area contributed by atoms with Gasteiger partial charge in [0.05, 0.1) is 29.0 Å². The van der Waals surface area contributed by atoms with Crippen LogP contribution in [-0.2, 0) is 17.7 Å². The zero-order chi connectivity index (χ0) is 17.8. The molecule has 0 aliphatic carbocycles. The summed E-state index contributed by atoms with van der Waals surface area (Å²) in [6.07, 6.45) is 0.327. The van der Waals surface area contributed by atoms with Crippen molar-refractivity contribution < 1.29 is 14.3 Å². The monoisotopic (exact) mass is 340 g/mol. The first kappa shape index (κ1) is 15.7. The van der Waals surface area contributed by atoms with Crippen LogP contribution in [0.3, 0.4) is 0 Å². The number of anilines is 1. The van der Waals surface area contributed by atoms with Crippen LogP contribution in [0.15, 0.2) is 18.2 Å². The summed E-state index contributed by atoms with van der Waals surface area (Å²) in [5.41, 5.74) is 9.31. The van der Waals surface area contributed by atoms with E-state index in [1.54, 1.807) is 11.0 Å². The van der Waals surface area contributed by atoms with Crippen molar-refractivity contribution in [2.24, 2.45) is 0 Å². The predicted molar refractivity (Wildman–Crippen MR) is 93.2 cm³/mol. The highest BCUT2D eigenvalue weighted by atomic mass is 16.6. The summed E-state index contributed by atoms with van der Waals surface area (Å²) in [7, 11) is 0. The molecular weight excluding hydrogens is 320 g/mol. The molecule has 7 heteroatoms. The van der Waals surface area contributed by atoms with Gasteiger partial charge in [0.1, 0.15) is 5.60 Å². The van der Waals surface area contributed by atoms with Crippen LogP contribution < -0.4 is 10.9 Å². The number of nitrogens with one attached hydrogen (secondary N) is 2. The van der Waals surface area contributed by atoms with Crippen LogP contribution >= 0.6 is 0 Å². The maximum Gasteiger partial charge on any atom is 0.410 e. The van der Waals surface area contributed by atoms with Gasteiger partial charge in [0.15, 0.2) is 0 Å². The zero-order valence-corrected chi connectivity index (χ0v) is 14.5. The Morgan fingerprint density at radius 2 is 2.08 bits per heavy atom. The van der Waals surface area contributed by atoms with Crippen LogP contribution in [0, 0.1) is 0 Å². The second kappa shape index (κ2) is 5.34. The van der Waals surface area contributed by atoms with E-state index in [9.17, 15) is 9.59 Å². The average molecular weight is 340 g/mol. The van der Waals surface area contributed by atoms with Gasteiger partial charge in [-0.05, 0) is 39.3 Å². The molecule has 1 aromatic heterocycles. The van der Waals surface area contributed by atoms with E-state index in [2.05, 4.69) is 10.9 Å². The van der Waals surface area contributed by atoms with Crippen LogP contribution in [-0.4, -0.2) is 34.0 Å². The quantitative estimate of drug-likeness (QED) is 0.770. The fourth-order valence-corrected chi connectivity index (χ4v) is 3.31. The number of carbonyl (C=O) groups excluding carboxylic acids is 2. The molecule has 2 amide bonds. The Hall–Kier alpha value is -2.83. The highest BCUT2D eigenvalue weighted by molar-refractivity contribution is 6.14. The Labute approximate surface area is 145 Å². The van der Waals surface area contributed by atoms with E-state index in [-0.39, 0.29) is 12.0 Å². The van der Waals surface area contributed by atoms with Gasteiger partial charge >= 0.3 is 6.09 Å². The molecule has 7 nitrogen and oxygen atoms in total. The van der Waals surface area contributed by atoms with Crippen LogP contribution in [0.4, 0.5) is 10.5 Å². The first-order chi connectivity index (χ1) is 11.8. The molecule has 2 aliphatic rings. The summed E-state index contributed by atoms with van der Waals surface area (Å²) in [5.74, 6) is -0.161. The van der Waals surface area contributed by atoms with Crippen molar-refractivity contribution in [3.63, 3.8) is 0 Å². The fourth-order valence-electron chi connectivity index (χ4n) is 3.31. The summed E-state index contributed by atoms with van der Waals surface area (Å²) >= 11 is 0. The van der Waals surface area contributed by atoms with Crippen molar-refractivity contribution >= 4 is 28.6 Å². The number of nitrogens with zero attached hydrogens (tertiary/aromatic N) is 2. The average Bonchev–Trinajstić information content (AvgIpc) is 2.55. The van der Waals surface area contributed by atoms with Crippen LogP contribution in [0.1, 0.15) is 42.4 Å². The number of hydrogen-bond acceptors (Lipinski definition) is 5. The van der Waals surface area contributed by atoms with Gasteiger partial charge < -0.3 is 9.64 Å². The molecule has 0 spiro atoms. The maximum absolute atomic E-state index is 12.4. The molecular formula is C18H20N4O3. The molecule has 2 aromatic rings. The van der Waals surface area contributed by atoms with Gasteiger partial charge in [0.25, 0.3) is 5.91 Å². The van der Waals surface area contributed by atoms with Crippen LogP contribution in [0.2, 0.25) is 0 Å². The van der Waals surface area contributed by atoms with E-state index < -0.39 is 5.60 Å². The molecule has 130 valence electrons. The third-order valence-corrected chi connectivity index (χ3v) is 4.37. The molecule has 0 unspecified atom stereocenters. The number of fused-ring (bicyclic) bond motifs is 2. The minimum atomic E-state index is -0.527. The topological polar surface area (TPSA) is 83.6 Å². The first-order valence-electron chi connectivity index (χ1n) is 8.32. The Morgan fingerprint density at radius 3 is 2.84 bits per heavy atom. The third-order valence-electron chi connectivity index (χ3n) is 4.37. The summed E-state index contributed by atoms with van der Waals surface area (Å²) in [4.78, 5) is 30.8. The number of carbonyl (C=O) groups is 2. The van der Waals surface area contributed by atoms with Gasteiger partial charge in [-0.2, -0.15) is 0 Å². The predicted octanol–water partition coefficient (Wildman–Crippen LogP) is 2.60. The molecule has 25 heavy (non-hydrogen) atoms. The van der Waals surface area contributed by atoms with Crippen molar-refractivity contribution in [1.29, 1.82) is 0 Å². The summed E-state index contributed by atoms with van der Waals surface area (Å²) in [6, 6.07) is 5.50. The number of rotatable bonds is 0. The Kier molecular flexibility index (Phi) is 3.35. The highest BCUT2D eigenvalue weighted by Gasteiger charge is 2.30. The number of pyridine rings is 1. The Morgan fingerprint density at radius 1 is 1.28 bits per heavy atom. The normalized spacial score (nSPS) is 16.1. The molecule has 1 aromatic carbocycles. The first-order valence-corrected chi connectivity index (χ1v) is 8.32. The number of aromatic nitrogens is 1. The molecule has 0 atom stereocenters. The van der Waals surface area contributed by atoms with E-state index >= 15 is 0 Å². The molecule has 2 aliphatic heterocycles. The number of benzene rings is 1. The number of ether oxygens (including phenoxy) is 1. The van der Waals surface area contributed by atoms with Crippen molar-refractivity contribution in [3.05, 3.63) is 35.0 Å². The fraction of sp³-hybridized carbons (Fsp3) is 0.389. The Balaban J connectivity index is 1.74. The van der Waals surface area contributed by atoms with Crippen LogP contribution in [0.25, 0.3) is 10.9 Å². The van der Waals surface area contributed by atoms with E-state index in [1.807, 2.05) is 32.9 Å².